The van der Waals surface area contributed by atoms with E-state index in [0.717, 1.165) is 12.1 Å². The van der Waals surface area contributed by atoms with Crippen LogP contribution in [0.4, 0.5) is 13.2 Å². The maximum absolute atomic E-state index is 12.7. The third-order valence-corrected chi connectivity index (χ3v) is 4.62. The lowest BCUT2D eigenvalue weighted by Crippen LogP contribution is -2.24. The Morgan fingerprint density at radius 2 is 1.81 bits per heavy atom. The molecule has 142 valence electrons. The molecule has 0 aliphatic heterocycles. The molecule has 0 saturated heterocycles. The van der Waals surface area contributed by atoms with E-state index in [9.17, 15) is 21.6 Å². The van der Waals surface area contributed by atoms with Crippen LogP contribution >= 0.6 is 0 Å². The Bertz CT molecular complexity index is 837. The smallest absolute Gasteiger partial charge is 0.416 e. The van der Waals surface area contributed by atoms with Crippen molar-refractivity contribution in [3.05, 3.63) is 59.7 Å². The van der Waals surface area contributed by atoms with Gasteiger partial charge in [-0.1, -0.05) is 12.1 Å². The molecular weight excluding hydrogens is 369 g/mol. The first-order chi connectivity index (χ1) is 12.1. The van der Waals surface area contributed by atoms with Gasteiger partial charge in [0.25, 0.3) is 0 Å². The quantitative estimate of drug-likeness (QED) is 0.715. The molecule has 2 rings (SSSR count). The van der Waals surface area contributed by atoms with E-state index in [4.69, 9.17) is 9.88 Å². The van der Waals surface area contributed by atoms with Crippen molar-refractivity contribution >= 4 is 10.0 Å². The number of alkyl halides is 3. The number of halogens is 3. The first-order valence-electron chi connectivity index (χ1n) is 7.73. The summed E-state index contributed by atoms with van der Waals surface area (Å²) in [6.45, 7) is 2.42. The summed E-state index contributed by atoms with van der Waals surface area (Å²) in [6, 6.07) is 10.5. The predicted molar refractivity (Wildman–Crippen MR) is 91.2 cm³/mol. The van der Waals surface area contributed by atoms with Gasteiger partial charge in [-0.3, -0.25) is 0 Å². The summed E-state index contributed by atoms with van der Waals surface area (Å²) in [7, 11) is -3.75. The number of nitrogens with two attached hydrogens (primary N) is 1. The molecule has 0 fully saturated rings. The zero-order chi connectivity index (χ0) is 19.4. The van der Waals surface area contributed by atoms with Crippen molar-refractivity contribution in [3.8, 4) is 5.75 Å². The van der Waals surface area contributed by atoms with E-state index >= 15 is 0 Å². The normalized spacial score (nSPS) is 13.4. The highest BCUT2D eigenvalue weighted by Crippen LogP contribution is 2.30. The topological polar surface area (TPSA) is 81.4 Å². The van der Waals surface area contributed by atoms with E-state index in [2.05, 4.69) is 5.32 Å². The van der Waals surface area contributed by atoms with Crippen LogP contribution in [0.5, 0.6) is 5.75 Å². The minimum atomic E-state index is -4.37. The van der Waals surface area contributed by atoms with Gasteiger partial charge in [0.15, 0.2) is 0 Å². The van der Waals surface area contributed by atoms with Crippen LogP contribution in [0.25, 0.3) is 0 Å². The SMILES string of the molecule is CC(NCCOc1ccc(S(N)(=O)=O)cc1)c1cccc(C(F)(F)F)c1. The molecule has 0 spiro atoms. The fraction of sp³-hybridized carbons (Fsp3) is 0.294. The van der Waals surface area contributed by atoms with Crippen LogP contribution in [-0.4, -0.2) is 21.6 Å². The number of hydrogen-bond donors (Lipinski definition) is 2. The predicted octanol–water partition coefficient (Wildman–Crippen LogP) is 3.08. The summed E-state index contributed by atoms with van der Waals surface area (Å²) in [6.07, 6.45) is -4.37. The number of rotatable bonds is 7. The van der Waals surface area contributed by atoms with E-state index in [1.165, 1.54) is 30.3 Å². The molecule has 5 nitrogen and oxygen atoms in total. The summed E-state index contributed by atoms with van der Waals surface area (Å²) in [5.74, 6) is 0.464. The number of primary sulfonamides is 1. The van der Waals surface area contributed by atoms with Gasteiger partial charge < -0.3 is 10.1 Å². The Morgan fingerprint density at radius 3 is 2.38 bits per heavy atom. The highest BCUT2D eigenvalue weighted by Gasteiger charge is 2.30. The van der Waals surface area contributed by atoms with Crippen LogP contribution in [0.3, 0.4) is 0 Å². The largest absolute Gasteiger partial charge is 0.492 e. The first-order valence-corrected chi connectivity index (χ1v) is 9.28. The number of ether oxygens (including phenoxy) is 1. The van der Waals surface area contributed by atoms with Gasteiger partial charge in [0.05, 0.1) is 10.5 Å². The standard InChI is InChI=1S/C17H19F3N2O3S/c1-12(13-3-2-4-14(11-13)17(18,19)20)22-9-10-25-15-5-7-16(8-6-15)26(21,23)24/h2-8,11-12,22H,9-10H2,1H3,(H2,21,23,24). The van der Waals surface area contributed by atoms with Crippen molar-refractivity contribution in [1.82, 2.24) is 5.32 Å². The van der Waals surface area contributed by atoms with E-state index in [1.807, 2.05) is 0 Å². The van der Waals surface area contributed by atoms with E-state index in [1.54, 1.807) is 13.0 Å². The molecule has 1 unspecified atom stereocenters. The van der Waals surface area contributed by atoms with Gasteiger partial charge in [0.2, 0.25) is 10.0 Å². The van der Waals surface area contributed by atoms with Gasteiger partial charge in [-0.15, -0.1) is 0 Å². The maximum Gasteiger partial charge on any atom is 0.416 e. The van der Waals surface area contributed by atoms with Crippen LogP contribution in [0.1, 0.15) is 24.1 Å². The Morgan fingerprint density at radius 1 is 1.15 bits per heavy atom. The molecule has 0 radical (unpaired) electrons. The zero-order valence-electron chi connectivity index (χ0n) is 14.0. The maximum atomic E-state index is 12.7. The van der Waals surface area contributed by atoms with Gasteiger partial charge in [-0.25, -0.2) is 13.6 Å². The third-order valence-electron chi connectivity index (χ3n) is 3.69. The van der Waals surface area contributed by atoms with E-state index in [-0.39, 0.29) is 17.5 Å². The zero-order valence-corrected chi connectivity index (χ0v) is 14.8. The number of sulfonamides is 1. The Hall–Kier alpha value is -2.10. The van der Waals surface area contributed by atoms with Gasteiger partial charge in [-0.2, -0.15) is 13.2 Å². The van der Waals surface area contributed by atoms with Crippen molar-refractivity contribution in [2.45, 2.75) is 24.0 Å². The summed E-state index contributed by atoms with van der Waals surface area (Å²) < 4.78 is 66.0. The molecule has 0 amide bonds. The molecule has 0 saturated carbocycles. The van der Waals surface area contributed by atoms with Crippen LogP contribution in [0.15, 0.2) is 53.4 Å². The first kappa shape index (κ1) is 20.2. The molecule has 3 N–H and O–H groups in total. The van der Waals surface area contributed by atoms with Crippen molar-refractivity contribution in [2.75, 3.05) is 13.2 Å². The van der Waals surface area contributed by atoms with Crippen molar-refractivity contribution < 1.29 is 26.3 Å². The molecule has 2 aromatic carbocycles. The minimum absolute atomic E-state index is 0.0128. The van der Waals surface area contributed by atoms with Gasteiger partial charge in [-0.05, 0) is 48.9 Å². The Balaban J connectivity index is 1.84. The highest BCUT2D eigenvalue weighted by molar-refractivity contribution is 7.89. The molecule has 0 aliphatic carbocycles. The molecule has 2 aromatic rings. The Kier molecular flexibility index (Phi) is 6.27. The second-order valence-electron chi connectivity index (χ2n) is 5.66. The minimum Gasteiger partial charge on any atom is -0.492 e. The molecule has 0 bridgehead atoms. The number of nitrogens with one attached hydrogen (secondary N) is 1. The van der Waals surface area contributed by atoms with Crippen LogP contribution in [-0.2, 0) is 16.2 Å². The van der Waals surface area contributed by atoms with Gasteiger partial charge in [0.1, 0.15) is 12.4 Å². The molecule has 9 heteroatoms. The van der Waals surface area contributed by atoms with Crippen molar-refractivity contribution in [3.63, 3.8) is 0 Å². The fourth-order valence-electron chi connectivity index (χ4n) is 2.27. The lowest BCUT2D eigenvalue weighted by Gasteiger charge is -2.16. The lowest BCUT2D eigenvalue weighted by molar-refractivity contribution is -0.137. The van der Waals surface area contributed by atoms with Crippen molar-refractivity contribution in [2.24, 2.45) is 5.14 Å². The molecule has 0 aromatic heterocycles. The average molecular weight is 388 g/mol. The second kappa shape index (κ2) is 8.07. The molecule has 26 heavy (non-hydrogen) atoms. The molecule has 0 heterocycles. The summed E-state index contributed by atoms with van der Waals surface area (Å²) in [5, 5.41) is 8.08. The average Bonchev–Trinajstić information content (AvgIpc) is 2.57. The fourth-order valence-corrected chi connectivity index (χ4v) is 2.79. The number of benzene rings is 2. The molecular formula is C17H19F3N2O3S. The van der Waals surface area contributed by atoms with Gasteiger partial charge >= 0.3 is 6.18 Å². The summed E-state index contributed by atoms with van der Waals surface area (Å²) in [5.41, 5.74) is -0.160. The van der Waals surface area contributed by atoms with Crippen LogP contribution in [0.2, 0.25) is 0 Å². The highest BCUT2D eigenvalue weighted by atomic mass is 32.2. The lowest BCUT2D eigenvalue weighted by atomic mass is 10.0. The second-order valence-corrected chi connectivity index (χ2v) is 7.23. The molecule has 0 aliphatic rings. The van der Waals surface area contributed by atoms with E-state index in [0.29, 0.717) is 17.9 Å². The summed E-state index contributed by atoms with van der Waals surface area (Å²) >= 11 is 0. The van der Waals surface area contributed by atoms with Crippen LogP contribution in [0, 0.1) is 0 Å². The third kappa shape index (κ3) is 5.72. The monoisotopic (exact) mass is 388 g/mol. The van der Waals surface area contributed by atoms with Crippen LogP contribution < -0.4 is 15.2 Å². The van der Waals surface area contributed by atoms with E-state index < -0.39 is 21.8 Å². The molecule has 1 atom stereocenters. The summed E-state index contributed by atoms with van der Waals surface area (Å²) in [4.78, 5) is -0.0128. The van der Waals surface area contributed by atoms with Gasteiger partial charge in [0, 0.05) is 12.6 Å². The van der Waals surface area contributed by atoms with Crippen molar-refractivity contribution in [1.29, 1.82) is 0 Å². The Labute approximate surface area is 150 Å². The number of hydrogen-bond acceptors (Lipinski definition) is 4.